The number of carbonyl (C=O) groups is 4. The molecule has 0 spiro atoms. The number of nitrogens with zero attached hydrogens (tertiary/aromatic N) is 2. The number of halogens is 4. The van der Waals surface area contributed by atoms with Crippen molar-refractivity contribution in [2.45, 2.75) is 12.1 Å². The molecule has 0 unspecified atom stereocenters. The van der Waals surface area contributed by atoms with Crippen LogP contribution in [0.4, 0.5) is 20.2 Å². The Kier molecular flexibility index (Phi) is 12.4. The molecule has 2 heterocycles. The van der Waals surface area contributed by atoms with Crippen LogP contribution in [0.15, 0.2) is 60.7 Å². The molecule has 2 amide bonds. The van der Waals surface area contributed by atoms with Crippen LogP contribution in [0.25, 0.3) is 33.4 Å². The number of hydrogen-bond acceptors (Lipinski definition) is 10. The van der Waals surface area contributed by atoms with Gasteiger partial charge in [-0.15, -0.1) is 0 Å². The molecule has 18 heteroatoms. The molecule has 0 aromatic heterocycles. The third kappa shape index (κ3) is 8.11. The van der Waals surface area contributed by atoms with E-state index in [0.29, 0.717) is 33.4 Å². The van der Waals surface area contributed by atoms with Crippen LogP contribution in [0.5, 0.6) is 11.5 Å². The number of carboxylic acid groups (broad SMARTS) is 2. The fraction of sp³-hybridized carbons (Fsp3) is 0.263. The van der Waals surface area contributed by atoms with Crippen molar-refractivity contribution in [3.05, 3.63) is 82.3 Å². The maximum atomic E-state index is 15.8. The minimum absolute atomic E-state index is 0.0544. The Hall–Kier alpha value is -5.36. The van der Waals surface area contributed by atoms with Gasteiger partial charge in [0, 0.05) is 48.4 Å². The summed E-state index contributed by atoms with van der Waals surface area (Å²) in [6.07, 6.45) is 0. The second-order valence-electron chi connectivity index (χ2n) is 12.7. The van der Waals surface area contributed by atoms with Crippen LogP contribution in [0.2, 0.25) is 10.0 Å². The van der Waals surface area contributed by atoms with Gasteiger partial charge in [-0.25, -0.2) is 8.78 Å². The summed E-state index contributed by atoms with van der Waals surface area (Å²) < 4.78 is 42.8. The number of fused-ring (bicyclic) bond motifs is 2. The molecule has 4 aromatic carbocycles. The summed E-state index contributed by atoms with van der Waals surface area (Å²) in [4.78, 5) is 50.2. The van der Waals surface area contributed by atoms with Crippen LogP contribution in [0.1, 0.15) is 0 Å². The van der Waals surface area contributed by atoms with Crippen molar-refractivity contribution in [1.29, 1.82) is 0 Å². The molecular formula is C38H34Cl2F2N4O10. The second kappa shape index (κ2) is 17.2. The number of rotatable bonds is 15. The predicted molar refractivity (Wildman–Crippen MR) is 201 cm³/mol. The van der Waals surface area contributed by atoms with Crippen molar-refractivity contribution in [2.75, 3.05) is 62.4 Å². The third-order valence-corrected chi connectivity index (χ3v) is 10.0. The van der Waals surface area contributed by atoms with Gasteiger partial charge in [-0.05, 0) is 35.4 Å². The summed E-state index contributed by atoms with van der Waals surface area (Å²) in [6.45, 7) is -2.46. The Labute approximate surface area is 327 Å². The van der Waals surface area contributed by atoms with Crippen LogP contribution >= 0.6 is 23.2 Å². The molecule has 56 heavy (non-hydrogen) atoms. The zero-order valence-corrected chi connectivity index (χ0v) is 30.7. The lowest BCUT2D eigenvalue weighted by Gasteiger charge is -2.30. The number of carbonyl (C=O) groups excluding carboxylic acids is 2. The van der Waals surface area contributed by atoms with Gasteiger partial charge in [0.1, 0.15) is 35.0 Å². The molecule has 2 aliphatic rings. The van der Waals surface area contributed by atoms with Gasteiger partial charge in [-0.1, -0.05) is 59.6 Å². The first-order valence-corrected chi connectivity index (χ1v) is 17.9. The SMILES string of the molecule is O=C(O)[C@H](CO)NCCN1C(=O)COc2cc(-c3cccc(-c4cccc(-c5cc(F)c6c(c5)OCC(=O)N6CCN[C@@H](CO)C(=O)O)c4Cl)c3Cl)cc(F)c21. The van der Waals surface area contributed by atoms with E-state index in [9.17, 15) is 29.4 Å². The molecule has 6 N–H and O–H groups in total. The molecule has 14 nitrogen and oxygen atoms in total. The summed E-state index contributed by atoms with van der Waals surface area (Å²) in [7, 11) is 0. The number of ether oxygens (including phenoxy) is 2. The average Bonchev–Trinajstić information content (AvgIpc) is 3.16. The first-order chi connectivity index (χ1) is 26.8. The van der Waals surface area contributed by atoms with Crippen molar-refractivity contribution >= 4 is 58.3 Å². The molecule has 2 atom stereocenters. The standard InChI is InChI=1S/C38H34Cl2F2N4O10/c39-33-21(19-11-25(41)35-29(13-19)55-17-31(49)45(35)9-7-43-27(15-47)37(51)52)3-1-5-23(33)24-6-2-4-22(34(24)40)20-12-26(42)36-30(14-20)56-18-32(50)46(36)10-8-44-28(16-48)38(53)54/h1-6,11-14,27-28,43-44,47-48H,7-10,15-18H2,(H,51,52)(H,53,54)/t27-,28-/m0/s1. The van der Waals surface area contributed by atoms with Crippen LogP contribution in [-0.4, -0.2) is 109 Å². The van der Waals surface area contributed by atoms with Crippen molar-refractivity contribution < 1.29 is 57.9 Å². The highest BCUT2D eigenvalue weighted by molar-refractivity contribution is 6.39. The molecule has 0 fully saturated rings. The van der Waals surface area contributed by atoms with Gasteiger partial charge in [0.05, 0.1) is 23.3 Å². The Bertz CT molecular complexity index is 2060. The fourth-order valence-corrected chi connectivity index (χ4v) is 7.12. The zero-order chi connectivity index (χ0) is 40.3. The van der Waals surface area contributed by atoms with Gasteiger partial charge in [0.25, 0.3) is 11.8 Å². The third-order valence-electron chi connectivity index (χ3n) is 9.22. The average molecular weight is 816 g/mol. The molecular weight excluding hydrogens is 781 g/mol. The van der Waals surface area contributed by atoms with E-state index in [4.69, 9.17) is 42.9 Å². The molecule has 0 aliphatic carbocycles. The van der Waals surface area contributed by atoms with Gasteiger partial charge < -0.3 is 50.3 Å². The number of aliphatic carboxylic acids is 2. The molecule has 0 saturated carbocycles. The predicted octanol–water partition coefficient (Wildman–Crippen LogP) is 3.79. The first-order valence-electron chi connectivity index (χ1n) is 17.1. The molecule has 0 bridgehead atoms. The van der Waals surface area contributed by atoms with Crippen molar-refractivity contribution in [3.8, 4) is 44.9 Å². The normalized spacial score (nSPS) is 14.8. The van der Waals surface area contributed by atoms with Gasteiger partial charge in [0.2, 0.25) is 0 Å². The van der Waals surface area contributed by atoms with E-state index in [1.165, 1.54) is 24.3 Å². The maximum Gasteiger partial charge on any atom is 0.323 e. The zero-order valence-electron chi connectivity index (χ0n) is 29.2. The number of nitrogens with one attached hydrogen (secondary N) is 2. The monoisotopic (exact) mass is 814 g/mol. The summed E-state index contributed by atoms with van der Waals surface area (Å²) in [5, 5.41) is 42.5. The van der Waals surface area contributed by atoms with Crippen LogP contribution < -0.4 is 29.9 Å². The van der Waals surface area contributed by atoms with Gasteiger partial charge in [-0.2, -0.15) is 0 Å². The van der Waals surface area contributed by atoms with Gasteiger partial charge >= 0.3 is 11.9 Å². The van der Waals surface area contributed by atoms with Gasteiger partial charge in [-0.3, -0.25) is 19.2 Å². The van der Waals surface area contributed by atoms with E-state index < -0.39 is 73.9 Å². The van der Waals surface area contributed by atoms with E-state index in [0.717, 1.165) is 9.80 Å². The van der Waals surface area contributed by atoms with Crippen LogP contribution in [-0.2, 0) is 19.2 Å². The highest BCUT2D eigenvalue weighted by atomic mass is 35.5. The lowest BCUT2D eigenvalue weighted by atomic mass is 9.95. The van der Waals surface area contributed by atoms with Crippen molar-refractivity contribution in [2.24, 2.45) is 0 Å². The summed E-state index contributed by atoms with van der Waals surface area (Å²) in [5.41, 5.74) is 2.07. The number of aliphatic hydroxyl groups is 2. The van der Waals surface area contributed by atoms with Crippen molar-refractivity contribution in [1.82, 2.24) is 10.6 Å². The molecule has 6 rings (SSSR count). The van der Waals surface area contributed by atoms with E-state index in [1.54, 1.807) is 36.4 Å². The minimum Gasteiger partial charge on any atom is -0.481 e. The lowest BCUT2D eigenvalue weighted by Crippen LogP contribution is -2.47. The van der Waals surface area contributed by atoms with Crippen LogP contribution in [0, 0.1) is 11.6 Å². The second-order valence-corrected chi connectivity index (χ2v) is 13.4. The van der Waals surface area contributed by atoms with E-state index in [2.05, 4.69) is 10.6 Å². The lowest BCUT2D eigenvalue weighted by molar-refractivity contribution is -0.141. The van der Waals surface area contributed by atoms with E-state index >= 15 is 8.78 Å². The Morgan fingerprint density at radius 1 is 0.679 bits per heavy atom. The molecule has 0 radical (unpaired) electrons. The number of aliphatic hydroxyl groups excluding tert-OH is 2. The molecule has 0 saturated heterocycles. The Morgan fingerprint density at radius 3 is 1.41 bits per heavy atom. The maximum absolute atomic E-state index is 15.8. The Morgan fingerprint density at radius 2 is 1.05 bits per heavy atom. The number of benzene rings is 4. The summed E-state index contributed by atoms with van der Waals surface area (Å²) in [6, 6.07) is 13.0. The summed E-state index contributed by atoms with van der Waals surface area (Å²) >= 11 is 14.0. The van der Waals surface area contributed by atoms with Crippen LogP contribution in [0.3, 0.4) is 0 Å². The number of hydrogen-bond donors (Lipinski definition) is 6. The fourth-order valence-electron chi connectivity index (χ4n) is 6.45. The smallest absolute Gasteiger partial charge is 0.323 e. The topological polar surface area (TPSA) is 198 Å². The highest BCUT2D eigenvalue weighted by Gasteiger charge is 2.32. The number of anilines is 2. The Balaban J connectivity index is 1.28. The number of amides is 2. The van der Waals surface area contributed by atoms with Crippen molar-refractivity contribution in [3.63, 3.8) is 0 Å². The highest BCUT2D eigenvalue weighted by Crippen LogP contribution is 2.46. The van der Waals surface area contributed by atoms with E-state index in [-0.39, 0.29) is 59.1 Å². The first kappa shape index (κ1) is 40.3. The summed E-state index contributed by atoms with van der Waals surface area (Å²) in [5.74, 6) is -5.14. The van der Waals surface area contributed by atoms with Gasteiger partial charge in [0.15, 0.2) is 24.8 Å². The largest absolute Gasteiger partial charge is 0.481 e. The number of carboxylic acids is 2. The minimum atomic E-state index is -1.28. The van der Waals surface area contributed by atoms with E-state index in [1.807, 2.05) is 0 Å². The molecule has 4 aromatic rings. The molecule has 2 aliphatic heterocycles. The quantitative estimate of drug-likeness (QED) is 0.102. The molecule has 294 valence electrons.